The Morgan fingerprint density at radius 1 is 1.36 bits per heavy atom. The summed E-state index contributed by atoms with van der Waals surface area (Å²) >= 11 is 0. The predicted octanol–water partition coefficient (Wildman–Crippen LogP) is 3.35. The first-order valence-electron chi connectivity index (χ1n) is 5.85. The normalized spacial score (nSPS) is 38.9. The van der Waals surface area contributed by atoms with Crippen molar-refractivity contribution in [2.45, 2.75) is 46.5 Å². The minimum atomic E-state index is 0.366. The Bertz CT molecular complexity index is 288. The Hall–Kier alpha value is -0.590. The first-order chi connectivity index (χ1) is 6.65. The van der Waals surface area contributed by atoms with E-state index in [1.807, 2.05) is 0 Å². The van der Waals surface area contributed by atoms with Crippen LogP contribution in [0.3, 0.4) is 0 Å². The van der Waals surface area contributed by atoms with E-state index in [1.54, 1.807) is 18.1 Å². The van der Waals surface area contributed by atoms with Gasteiger partial charge in [-0.15, -0.1) is 0 Å². The molecular weight excluding hydrogens is 172 g/mol. The molecule has 2 aliphatic carbocycles. The number of carbonyl (C=O) groups is 1. The summed E-state index contributed by atoms with van der Waals surface area (Å²) in [4.78, 5) is 11.5. The third kappa shape index (κ3) is 1.34. The summed E-state index contributed by atoms with van der Waals surface area (Å²) in [6.45, 7) is 6.25. The number of ketones is 1. The average molecular weight is 192 g/mol. The van der Waals surface area contributed by atoms with Gasteiger partial charge in [0.25, 0.3) is 0 Å². The lowest BCUT2D eigenvalue weighted by Gasteiger charge is -2.17. The molecule has 0 radical (unpaired) electrons. The third-order valence-corrected chi connectivity index (χ3v) is 4.23. The van der Waals surface area contributed by atoms with Gasteiger partial charge < -0.3 is 0 Å². The Labute approximate surface area is 86.6 Å². The molecule has 2 bridgehead atoms. The summed E-state index contributed by atoms with van der Waals surface area (Å²) in [6.07, 6.45) is 4.91. The van der Waals surface area contributed by atoms with Crippen molar-refractivity contribution in [3.63, 3.8) is 0 Å². The van der Waals surface area contributed by atoms with E-state index < -0.39 is 0 Å². The van der Waals surface area contributed by atoms with Gasteiger partial charge in [0.1, 0.15) is 5.78 Å². The fraction of sp³-hybridized carbons (Fsp3) is 0.769. The van der Waals surface area contributed by atoms with Crippen LogP contribution in [-0.2, 0) is 4.79 Å². The highest BCUT2D eigenvalue weighted by Gasteiger charge is 2.46. The maximum absolute atomic E-state index is 11.5. The van der Waals surface area contributed by atoms with E-state index in [0.717, 1.165) is 18.8 Å². The number of hydrogen-bond acceptors (Lipinski definition) is 1. The van der Waals surface area contributed by atoms with Crippen molar-refractivity contribution in [1.82, 2.24) is 0 Å². The molecule has 1 nitrogen and oxygen atoms in total. The van der Waals surface area contributed by atoms with Gasteiger partial charge in [-0.2, -0.15) is 0 Å². The van der Waals surface area contributed by atoms with Crippen LogP contribution in [0.4, 0.5) is 0 Å². The highest BCUT2D eigenvalue weighted by atomic mass is 16.1. The van der Waals surface area contributed by atoms with Gasteiger partial charge in [-0.3, -0.25) is 4.79 Å². The van der Waals surface area contributed by atoms with Crippen molar-refractivity contribution >= 4 is 5.78 Å². The van der Waals surface area contributed by atoms with Gasteiger partial charge in [0.2, 0.25) is 0 Å². The average Bonchev–Trinajstić information content (AvgIpc) is 2.73. The van der Waals surface area contributed by atoms with Crippen LogP contribution in [0.1, 0.15) is 46.5 Å². The van der Waals surface area contributed by atoms with Crippen molar-refractivity contribution < 1.29 is 4.79 Å². The fourth-order valence-corrected chi connectivity index (χ4v) is 3.45. The molecule has 3 atom stereocenters. The number of rotatable bonds is 2. The second-order valence-corrected chi connectivity index (χ2v) is 4.92. The van der Waals surface area contributed by atoms with Crippen LogP contribution in [0.15, 0.2) is 11.1 Å². The number of allylic oxidation sites excluding steroid dienone is 2. The van der Waals surface area contributed by atoms with Gasteiger partial charge in [-0.05, 0) is 51.4 Å². The standard InChI is InChI=1S/C13H20O/c1-4-8(2)13-10-5-6-11(13)12(7-10)9(3)14/h10-12H,4-7H2,1-3H3/b13-8+. The predicted molar refractivity (Wildman–Crippen MR) is 58.0 cm³/mol. The highest BCUT2D eigenvalue weighted by Crippen LogP contribution is 2.54. The smallest absolute Gasteiger partial charge is 0.133 e. The molecule has 0 saturated heterocycles. The van der Waals surface area contributed by atoms with Crippen molar-refractivity contribution in [1.29, 1.82) is 0 Å². The summed E-state index contributed by atoms with van der Waals surface area (Å²) in [6, 6.07) is 0. The lowest BCUT2D eigenvalue weighted by molar-refractivity contribution is -0.122. The van der Waals surface area contributed by atoms with Crippen molar-refractivity contribution in [2.75, 3.05) is 0 Å². The van der Waals surface area contributed by atoms with Crippen LogP contribution < -0.4 is 0 Å². The van der Waals surface area contributed by atoms with Crippen molar-refractivity contribution in [2.24, 2.45) is 17.8 Å². The van der Waals surface area contributed by atoms with Crippen LogP contribution in [-0.4, -0.2) is 5.78 Å². The Balaban J connectivity index is 2.29. The topological polar surface area (TPSA) is 17.1 Å². The Morgan fingerprint density at radius 2 is 2.07 bits per heavy atom. The fourth-order valence-electron chi connectivity index (χ4n) is 3.45. The summed E-state index contributed by atoms with van der Waals surface area (Å²) < 4.78 is 0. The lowest BCUT2D eigenvalue weighted by Crippen LogP contribution is -2.18. The Morgan fingerprint density at radius 3 is 2.57 bits per heavy atom. The second-order valence-electron chi connectivity index (χ2n) is 4.92. The molecule has 1 heteroatoms. The maximum atomic E-state index is 11.5. The molecule has 0 amide bonds. The Kier molecular flexibility index (Phi) is 2.50. The van der Waals surface area contributed by atoms with E-state index in [1.165, 1.54) is 12.8 Å². The highest BCUT2D eigenvalue weighted by molar-refractivity contribution is 5.80. The molecule has 0 aromatic carbocycles. The molecule has 2 rings (SSSR count). The quantitative estimate of drug-likeness (QED) is 0.613. The van der Waals surface area contributed by atoms with E-state index in [9.17, 15) is 4.79 Å². The van der Waals surface area contributed by atoms with E-state index in [4.69, 9.17) is 0 Å². The zero-order valence-electron chi connectivity index (χ0n) is 9.47. The van der Waals surface area contributed by atoms with Crippen LogP contribution in [0.25, 0.3) is 0 Å². The van der Waals surface area contributed by atoms with Crippen LogP contribution in [0.2, 0.25) is 0 Å². The van der Waals surface area contributed by atoms with Gasteiger partial charge in [0.05, 0.1) is 0 Å². The molecular formula is C13H20O. The molecule has 78 valence electrons. The van der Waals surface area contributed by atoms with E-state index >= 15 is 0 Å². The largest absolute Gasteiger partial charge is 0.300 e. The summed E-state index contributed by atoms with van der Waals surface area (Å²) in [5, 5.41) is 0. The van der Waals surface area contributed by atoms with E-state index in [2.05, 4.69) is 13.8 Å². The molecule has 14 heavy (non-hydrogen) atoms. The summed E-state index contributed by atoms with van der Waals surface area (Å²) in [5.41, 5.74) is 3.22. The van der Waals surface area contributed by atoms with E-state index in [0.29, 0.717) is 17.6 Å². The SMILES string of the molecule is CC/C(C)=C1\C2CCC1C(C(C)=O)C2. The molecule has 0 aromatic rings. The van der Waals surface area contributed by atoms with Gasteiger partial charge in [0.15, 0.2) is 0 Å². The van der Waals surface area contributed by atoms with E-state index in [-0.39, 0.29) is 0 Å². The molecule has 0 aliphatic heterocycles. The zero-order chi connectivity index (χ0) is 10.3. The molecule has 2 aliphatic rings. The van der Waals surface area contributed by atoms with Crippen LogP contribution in [0, 0.1) is 17.8 Å². The van der Waals surface area contributed by atoms with Crippen LogP contribution >= 0.6 is 0 Å². The zero-order valence-corrected chi connectivity index (χ0v) is 9.47. The first-order valence-corrected chi connectivity index (χ1v) is 5.85. The first kappa shape index (κ1) is 9.95. The maximum Gasteiger partial charge on any atom is 0.133 e. The van der Waals surface area contributed by atoms with Gasteiger partial charge >= 0.3 is 0 Å². The lowest BCUT2D eigenvalue weighted by atomic mass is 9.86. The number of fused-ring (bicyclic) bond motifs is 2. The molecule has 0 aromatic heterocycles. The van der Waals surface area contributed by atoms with Gasteiger partial charge in [-0.25, -0.2) is 0 Å². The van der Waals surface area contributed by atoms with Crippen molar-refractivity contribution in [3.05, 3.63) is 11.1 Å². The molecule has 0 N–H and O–H groups in total. The van der Waals surface area contributed by atoms with Gasteiger partial charge in [0, 0.05) is 5.92 Å². The molecule has 0 spiro atoms. The summed E-state index contributed by atoms with van der Waals surface area (Å²) in [5.74, 6) is 2.16. The van der Waals surface area contributed by atoms with Gasteiger partial charge in [-0.1, -0.05) is 18.1 Å². The minimum absolute atomic E-state index is 0.366. The van der Waals surface area contributed by atoms with Crippen LogP contribution in [0.5, 0.6) is 0 Å². The number of carbonyl (C=O) groups excluding carboxylic acids is 1. The monoisotopic (exact) mass is 192 g/mol. The van der Waals surface area contributed by atoms with Crippen molar-refractivity contribution in [3.8, 4) is 0 Å². The third-order valence-electron chi connectivity index (χ3n) is 4.23. The number of hydrogen-bond donors (Lipinski definition) is 0. The second kappa shape index (κ2) is 3.52. The molecule has 2 saturated carbocycles. The number of Topliss-reactive ketones (excluding diaryl/α,β-unsaturated/α-hetero) is 1. The minimum Gasteiger partial charge on any atom is -0.300 e. The molecule has 2 fully saturated rings. The molecule has 3 unspecified atom stereocenters. The molecule has 0 heterocycles. The summed E-state index contributed by atoms with van der Waals surface area (Å²) in [7, 11) is 0.